The average Bonchev–Trinajstić information content (AvgIpc) is 2.41. The number of rotatable bonds is 6. The summed E-state index contributed by atoms with van der Waals surface area (Å²) in [7, 11) is -1.85. The first kappa shape index (κ1) is 13.0. The van der Waals surface area contributed by atoms with E-state index >= 15 is 0 Å². The van der Waals surface area contributed by atoms with Crippen LogP contribution < -0.4 is 4.52 Å². The van der Waals surface area contributed by atoms with E-state index in [0.29, 0.717) is 12.4 Å². The first-order chi connectivity index (χ1) is 8.84. The number of hydrogen-bond acceptors (Lipinski definition) is 3. The first-order valence-electron chi connectivity index (χ1n) is 5.73. The highest BCUT2D eigenvalue weighted by Gasteiger charge is 2.08. The van der Waals surface area contributed by atoms with Gasteiger partial charge in [0.05, 0.1) is 6.61 Å². The van der Waals surface area contributed by atoms with Crippen LogP contribution in [0.25, 0.3) is 0 Å². The molecule has 94 valence electrons. The van der Waals surface area contributed by atoms with Crippen molar-refractivity contribution in [2.75, 3.05) is 6.61 Å². The van der Waals surface area contributed by atoms with Gasteiger partial charge < -0.3 is 13.9 Å². The van der Waals surface area contributed by atoms with E-state index in [2.05, 4.69) is 0 Å². The quantitative estimate of drug-likeness (QED) is 0.809. The van der Waals surface area contributed by atoms with Crippen LogP contribution in [0.5, 0.6) is 5.75 Å². The van der Waals surface area contributed by atoms with Gasteiger partial charge >= 0.3 is 8.60 Å². The molecule has 2 aromatic rings. The van der Waals surface area contributed by atoms with E-state index in [0.717, 1.165) is 6.42 Å². The van der Waals surface area contributed by atoms with Crippen LogP contribution in [0.1, 0.15) is 5.56 Å². The molecule has 1 atom stereocenters. The second-order valence-electron chi connectivity index (χ2n) is 3.71. The molecular weight excluding hydrogens is 247 g/mol. The molecule has 1 N–H and O–H groups in total. The van der Waals surface area contributed by atoms with Gasteiger partial charge in [-0.05, 0) is 24.1 Å². The minimum absolute atomic E-state index is 0.444. The Kier molecular flexibility index (Phi) is 5.15. The van der Waals surface area contributed by atoms with Crippen molar-refractivity contribution in [3.8, 4) is 5.75 Å². The van der Waals surface area contributed by atoms with Crippen molar-refractivity contribution in [2.45, 2.75) is 6.42 Å². The molecule has 2 rings (SSSR count). The van der Waals surface area contributed by atoms with E-state index in [-0.39, 0.29) is 0 Å². The van der Waals surface area contributed by atoms with Gasteiger partial charge in [0.15, 0.2) is 0 Å². The Hall–Kier alpha value is -1.41. The molecule has 4 heteroatoms. The molecule has 0 aliphatic carbocycles. The second kappa shape index (κ2) is 7.12. The zero-order valence-corrected chi connectivity index (χ0v) is 10.8. The summed E-state index contributed by atoms with van der Waals surface area (Å²) in [6.45, 7) is 0.444. The average molecular weight is 262 g/mol. The summed E-state index contributed by atoms with van der Waals surface area (Å²) in [6.07, 6.45) is 0.762. The molecule has 0 saturated carbocycles. The van der Waals surface area contributed by atoms with E-state index in [4.69, 9.17) is 9.05 Å². The maximum absolute atomic E-state index is 9.60. The fourth-order valence-corrected chi connectivity index (χ4v) is 2.09. The Morgan fingerprint density at radius 3 is 2.17 bits per heavy atom. The zero-order chi connectivity index (χ0) is 12.6. The van der Waals surface area contributed by atoms with Crippen LogP contribution in [0, 0.1) is 0 Å². The molecule has 0 aliphatic heterocycles. The molecule has 0 spiro atoms. The van der Waals surface area contributed by atoms with E-state index in [1.165, 1.54) is 5.56 Å². The number of benzene rings is 2. The molecule has 0 fully saturated rings. The summed E-state index contributed by atoms with van der Waals surface area (Å²) in [4.78, 5) is 9.60. The smallest absolute Gasteiger partial charge is 0.394 e. The summed E-state index contributed by atoms with van der Waals surface area (Å²) < 4.78 is 10.5. The van der Waals surface area contributed by atoms with Crippen LogP contribution in [-0.4, -0.2) is 11.5 Å². The highest BCUT2D eigenvalue weighted by atomic mass is 31.2. The van der Waals surface area contributed by atoms with E-state index in [1.54, 1.807) is 12.1 Å². The van der Waals surface area contributed by atoms with Gasteiger partial charge in [-0.1, -0.05) is 48.5 Å². The van der Waals surface area contributed by atoms with Crippen molar-refractivity contribution in [1.82, 2.24) is 0 Å². The monoisotopic (exact) mass is 262 g/mol. The third kappa shape index (κ3) is 4.46. The molecule has 3 nitrogen and oxygen atoms in total. The second-order valence-corrected chi connectivity index (χ2v) is 4.63. The topological polar surface area (TPSA) is 38.7 Å². The van der Waals surface area contributed by atoms with Crippen molar-refractivity contribution in [1.29, 1.82) is 0 Å². The Bertz CT molecular complexity index is 447. The molecule has 0 bridgehead atoms. The Morgan fingerprint density at radius 2 is 1.50 bits per heavy atom. The van der Waals surface area contributed by atoms with Crippen molar-refractivity contribution < 1.29 is 13.9 Å². The van der Waals surface area contributed by atoms with Crippen molar-refractivity contribution in [2.24, 2.45) is 0 Å². The van der Waals surface area contributed by atoms with Gasteiger partial charge in [-0.2, -0.15) is 0 Å². The van der Waals surface area contributed by atoms with Gasteiger partial charge in [0.1, 0.15) is 5.75 Å². The minimum Gasteiger partial charge on any atom is -0.427 e. The Morgan fingerprint density at radius 1 is 0.889 bits per heavy atom. The summed E-state index contributed by atoms with van der Waals surface area (Å²) in [5.74, 6) is 0.617. The standard InChI is InChI=1S/C14H15O3P/c15-18(17-14-9-5-2-6-10-14)16-12-11-13-7-3-1-4-8-13/h1-10,15H,11-12H2. The van der Waals surface area contributed by atoms with E-state index < -0.39 is 8.60 Å². The van der Waals surface area contributed by atoms with E-state index in [9.17, 15) is 4.89 Å². The molecule has 0 heterocycles. The van der Waals surface area contributed by atoms with E-state index in [1.807, 2.05) is 48.5 Å². The molecule has 18 heavy (non-hydrogen) atoms. The van der Waals surface area contributed by atoms with Gasteiger partial charge in [0.2, 0.25) is 0 Å². The normalized spacial score (nSPS) is 12.1. The summed E-state index contributed by atoms with van der Waals surface area (Å²) in [5.41, 5.74) is 1.18. The molecule has 2 aromatic carbocycles. The Labute approximate surface area is 108 Å². The molecule has 1 unspecified atom stereocenters. The number of hydrogen-bond donors (Lipinski definition) is 1. The molecule has 0 radical (unpaired) electrons. The summed E-state index contributed by atoms with van der Waals surface area (Å²) in [6, 6.07) is 19.2. The van der Waals surface area contributed by atoms with Crippen molar-refractivity contribution in [3.05, 3.63) is 66.2 Å². The van der Waals surface area contributed by atoms with Gasteiger partial charge in [-0.15, -0.1) is 0 Å². The van der Waals surface area contributed by atoms with Crippen LogP contribution in [0.15, 0.2) is 60.7 Å². The lowest BCUT2D eigenvalue weighted by Crippen LogP contribution is -1.97. The maximum Gasteiger partial charge on any atom is 0.394 e. The third-order valence-corrected chi connectivity index (χ3v) is 3.13. The van der Waals surface area contributed by atoms with Crippen molar-refractivity contribution >= 4 is 8.60 Å². The van der Waals surface area contributed by atoms with Crippen LogP contribution in [0.3, 0.4) is 0 Å². The summed E-state index contributed by atoms with van der Waals surface area (Å²) >= 11 is 0. The Balaban J connectivity index is 1.71. The predicted octanol–water partition coefficient (Wildman–Crippen LogP) is 3.54. The molecule has 0 amide bonds. The predicted molar refractivity (Wildman–Crippen MR) is 72.3 cm³/mol. The first-order valence-corrected chi connectivity index (χ1v) is 6.86. The molecule has 0 saturated heterocycles. The minimum atomic E-state index is -1.85. The van der Waals surface area contributed by atoms with Gasteiger partial charge in [-0.25, -0.2) is 0 Å². The van der Waals surface area contributed by atoms with Gasteiger partial charge in [0.25, 0.3) is 0 Å². The highest BCUT2D eigenvalue weighted by molar-refractivity contribution is 7.41. The fraction of sp³-hybridized carbons (Fsp3) is 0.143. The fourth-order valence-electron chi connectivity index (χ4n) is 1.48. The molecule has 0 aromatic heterocycles. The van der Waals surface area contributed by atoms with Crippen LogP contribution >= 0.6 is 8.60 Å². The van der Waals surface area contributed by atoms with Crippen LogP contribution in [0.2, 0.25) is 0 Å². The number of para-hydroxylation sites is 1. The lowest BCUT2D eigenvalue weighted by Gasteiger charge is -2.11. The lowest BCUT2D eigenvalue weighted by atomic mass is 10.2. The van der Waals surface area contributed by atoms with Crippen LogP contribution in [-0.2, 0) is 10.9 Å². The summed E-state index contributed by atoms with van der Waals surface area (Å²) in [5, 5.41) is 0. The lowest BCUT2D eigenvalue weighted by molar-refractivity contribution is 0.263. The third-order valence-electron chi connectivity index (χ3n) is 2.36. The molecule has 0 aliphatic rings. The van der Waals surface area contributed by atoms with Crippen LogP contribution in [0.4, 0.5) is 0 Å². The largest absolute Gasteiger partial charge is 0.427 e. The zero-order valence-electron chi connectivity index (χ0n) is 9.90. The SMILES string of the molecule is OP(OCCc1ccccc1)Oc1ccccc1. The van der Waals surface area contributed by atoms with Crippen molar-refractivity contribution in [3.63, 3.8) is 0 Å². The maximum atomic E-state index is 9.60. The van der Waals surface area contributed by atoms with Gasteiger partial charge in [0, 0.05) is 0 Å². The highest BCUT2D eigenvalue weighted by Crippen LogP contribution is 2.34. The molecular formula is C14H15O3P. The van der Waals surface area contributed by atoms with Gasteiger partial charge in [-0.3, -0.25) is 0 Å².